The van der Waals surface area contributed by atoms with Crippen molar-refractivity contribution in [2.45, 2.75) is 13.8 Å². The standard InChI is InChI=1S/C28H25NO2/c1-3-31-28(30)20-26-18-24(22-10-6-4-7-11-22)19-27(23-12-8-5-9-13-23)29(26)25-16-14-21(2)15-17-25/h4-20H,3H2,1-2H3/b26-20+. The fourth-order valence-corrected chi connectivity index (χ4v) is 3.63. The van der Waals surface area contributed by atoms with Crippen LogP contribution in [0.1, 0.15) is 23.6 Å². The lowest BCUT2D eigenvalue weighted by molar-refractivity contribution is -0.137. The average molecular weight is 408 g/mol. The molecule has 3 nitrogen and oxygen atoms in total. The largest absolute Gasteiger partial charge is 0.463 e. The zero-order valence-electron chi connectivity index (χ0n) is 17.8. The van der Waals surface area contributed by atoms with E-state index >= 15 is 0 Å². The highest BCUT2D eigenvalue weighted by Gasteiger charge is 2.23. The highest BCUT2D eigenvalue weighted by molar-refractivity contribution is 5.98. The minimum atomic E-state index is -0.354. The summed E-state index contributed by atoms with van der Waals surface area (Å²) in [5.41, 5.74) is 7.14. The Morgan fingerprint density at radius 3 is 2.06 bits per heavy atom. The van der Waals surface area contributed by atoms with Gasteiger partial charge in [0.25, 0.3) is 0 Å². The lowest BCUT2D eigenvalue weighted by Gasteiger charge is -2.32. The van der Waals surface area contributed by atoms with Gasteiger partial charge < -0.3 is 9.64 Å². The maximum Gasteiger partial charge on any atom is 0.332 e. The number of hydrogen-bond acceptors (Lipinski definition) is 3. The summed E-state index contributed by atoms with van der Waals surface area (Å²) in [5, 5.41) is 0. The molecule has 4 rings (SSSR count). The predicted octanol–water partition coefficient (Wildman–Crippen LogP) is 6.39. The Balaban J connectivity index is 1.92. The minimum Gasteiger partial charge on any atom is -0.463 e. The predicted molar refractivity (Wildman–Crippen MR) is 127 cm³/mol. The topological polar surface area (TPSA) is 29.5 Å². The molecule has 3 aromatic carbocycles. The third-order valence-corrected chi connectivity index (χ3v) is 5.12. The molecule has 0 N–H and O–H groups in total. The quantitative estimate of drug-likeness (QED) is 0.363. The Hall–Kier alpha value is -3.85. The number of hydrogen-bond donors (Lipinski definition) is 0. The average Bonchev–Trinajstić information content (AvgIpc) is 2.81. The van der Waals surface area contributed by atoms with Gasteiger partial charge in [0.05, 0.1) is 18.0 Å². The molecule has 0 aliphatic carbocycles. The Morgan fingerprint density at radius 2 is 1.45 bits per heavy atom. The first-order valence-electron chi connectivity index (χ1n) is 10.4. The van der Waals surface area contributed by atoms with E-state index in [0.717, 1.165) is 33.8 Å². The highest BCUT2D eigenvalue weighted by atomic mass is 16.5. The Morgan fingerprint density at radius 1 is 0.839 bits per heavy atom. The van der Waals surface area contributed by atoms with Gasteiger partial charge in [0.2, 0.25) is 0 Å². The van der Waals surface area contributed by atoms with Crippen molar-refractivity contribution in [2.75, 3.05) is 11.5 Å². The third-order valence-electron chi connectivity index (χ3n) is 5.12. The van der Waals surface area contributed by atoms with Gasteiger partial charge in [0.1, 0.15) is 0 Å². The van der Waals surface area contributed by atoms with E-state index in [9.17, 15) is 4.79 Å². The summed E-state index contributed by atoms with van der Waals surface area (Å²) in [7, 11) is 0. The molecule has 0 saturated carbocycles. The molecule has 3 heteroatoms. The van der Waals surface area contributed by atoms with Crippen LogP contribution in [0.25, 0.3) is 11.3 Å². The Labute approximate surface area is 183 Å². The molecule has 0 spiro atoms. The van der Waals surface area contributed by atoms with E-state index in [1.165, 1.54) is 5.56 Å². The van der Waals surface area contributed by atoms with Crippen LogP contribution < -0.4 is 4.90 Å². The van der Waals surface area contributed by atoms with Gasteiger partial charge in [0, 0.05) is 11.8 Å². The molecule has 0 fully saturated rings. The number of carbonyl (C=O) groups excluding carboxylic acids is 1. The number of anilines is 1. The molecule has 1 aliphatic heterocycles. The van der Waals surface area contributed by atoms with Crippen molar-refractivity contribution >= 4 is 22.9 Å². The fourth-order valence-electron chi connectivity index (χ4n) is 3.63. The molecule has 3 aromatic rings. The van der Waals surface area contributed by atoms with Gasteiger partial charge in [-0.3, -0.25) is 0 Å². The van der Waals surface area contributed by atoms with Crippen molar-refractivity contribution in [3.05, 3.63) is 126 Å². The molecular weight excluding hydrogens is 382 g/mol. The molecule has 1 heterocycles. The lowest BCUT2D eigenvalue weighted by Crippen LogP contribution is -2.24. The van der Waals surface area contributed by atoms with Crippen molar-refractivity contribution < 1.29 is 9.53 Å². The van der Waals surface area contributed by atoms with Crippen molar-refractivity contribution in [2.24, 2.45) is 0 Å². The Bertz CT molecular complexity index is 1140. The maximum atomic E-state index is 12.5. The molecule has 0 bridgehead atoms. The highest BCUT2D eigenvalue weighted by Crippen LogP contribution is 2.38. The second-order valence-corrected chi connectivity index (χ2v) is 7.35. The normalized spacial score (nSPS) is 14.8. The first-order chi connectivity index (χ1) is 15.2. The van der Waals surface area contributed by atoms with Crippen molar-refractivity contribution in [1.29, 1.82) is 0 Å². The van der Waals surface area contributed by atoms with Gasteiger partial charge in [-0.25, -0.2) is 4.79 Å². The second kappa shape index (κ2) is 9.31. The molecule has 0 radical (unpaired) electrons. The number of allylic oxidation sites excluding steroid dienone is 3. The van der Waals surface area contributed by atoms with Gasteiger partial charge in [-0.05, 0) is 54.8 Å². The third kappa shape index (κ3) is 4.67. The van der Waals surface area contributed by atoms with Gasteiger partial charge in [-0.1, -0.05) is 78.4 Å². The van der Waals surface area contributed by atoms with Crippen molar-refractivity contribution in [3.63, 3.8) is 0 Å². The number of benzene rings is 3. The van der Waals surface area contributed by atoms with E-state index in [4.69, 9.17) is 4.74 Å². The van der Waals surface area contributed by atoms with Gasteiger partial charge in [0.15, 0.2) is 0 Å². The van der Waals surface area contributed by atoms with Crippen LogP contribution in [0.4, 0.5) is 5.69 Å². The fraction of sp³-hybridized carbons (Fsp3) is 0.107. The van der Waals surface area contributed by atoms with E-state index in [1.807, 2.05) is 49.4 Å². The lowest BCUT2D eigenvalue weighted by atomic mass is 9.96. The second-order valence-electron chi connectivity index (χ2n) is 7.35. The van der Waals surface area contributed by atoms with Gasteiger partial charge in [-0.2, -0.15) is 0 Å². The number of ether oxygens (including phenoxy) is 1. The Kier molecular flexibility index (Phi) is 6.13. The van der Waals surface area contributed by atoms with E-state index in [-0.39, 0.29) is 5.97 Å². The van der Waals surface area contributed by atoms with Crippen LogP contribution in [0, 0.1) is 6.92 Å². The zero-order valence-corrected chi connectivity index (χ0v) is 17.8. The molecule has 154 valence electrons. The molecule has 0 aromatic heterocycles. The summed E-state index contributed by atoms with van der Waals surface area (Å²) in [4.78, 5) is 14.6. The summed E-state index contributed by atoms with van der Waals surface area (Å²) in [6.45, 7) is 4.22. The summed E-state index contributed by atoms with van der Waals surface area (Å²) >= 11 is 0. The van der Waals surface area contributed by atoms with Crippen molar-refractivity contribution in [3.8, 4) is 0 Å². The molecule has 0 saturated heterocycles. The van der Waals surface area contributed by atoms with Crippen LogP contribution in [0.15, 0.2) is 109 Å². The molecule has 1 aliphatic rings. The van der Waals surface area contributed by atoms with Crippen LogP contribution in [-0.2, 0) is 9.53 Å². The van der Waals surface area contributed by atoms with E-state index in [1.54, 1.807) is 6.08 Å². The van der Waals surface area contributed by atoms with Crippen LogP contribution in [-0.4, -0.2) is 12.6 Å². The molecular formula is C28H25NO2. The van der Waals surface area contributed by atoms with Crippen LogP contribution in [0.5, 0.6) is 0 Å². The summed E-state index contributed by atoms with van der Waals surface area (Å²) in [6.07, 6.45) is 5.79. The zero-order chi connectivity index (χ0) is 21.6. The number of aryl methyl sites for hydroxylation is 1. The van der Waals surface area contributed by atoms with Gasteiger partial charge >= 0.3 is 5.97 Å². The van der Waals surface area contributed by atoms with Crippen molar-refractivity contribution in [1.82, 2.24) is 0 Å². The van der Waals surface area contributed by atoms with Crippen LogP contribution >= 0.6 is 0 Å². The first kappa shape index (κ1) is 20.4. The number of rotatable bonds is 5. The summed E-state index contributed by atoms with van der Waals surface area (Å²) in [6, 6.07) is 28.7. The van der Waals surface area contributed by atoms with Crippen LogP contribution in [0.3, 0.4) is 0 Å². The SMILES string of the molecule is CCOC(=O)/C=C1\C=C(c2ccccc2)C=C(c2ccccc2)N1c1ccc(C)cc1. The minimum absolute atomic E-state index is 0.337. The van der Waals surface area contributed by atoms with E-state index < -0.39 is 0 Å². The first-order valence-corrected chi connectivity index (χ1v) is 10.4. The number of nitrogens with zero attached hydrogens (tertiary/aromatic N) is 1. The van der Waals surface area contributed by atoms with Gasteiger partial charge in [-0.15, -0.1) is 0 Å². The number of carbonyl (C=O) groups is 1. The molecule has 0 atom stereocenters. The molecule has 0 amide bonds. The van der Waals surface area contributed by atoms with E-state index in [0.29, 0.717) is 6.61 Å². The molecule has 31 heavy (non-hydrogen) atoms. The monoisotopic (exact) mass is 407 g/mol. The smallest absolute Gasteiger partial charge is 0.332 e. The number of esters is 1. The van der Waals surface area contributed by atoms with Crippen LogP contribution in [0.2, 0.25) is 0 Å². The summed E-state index contributed by atoms with van der Waals surface area (Å²) < 4.78 is 5.24. The van der Waals surface area contributed by atoms with E-state index in [2.05, 4.69) is 66.4 Å². The molecule has 0 unspecified atom stereocenters. The maximum absolute atomic E-state index is 12.5. The summed E-state index contributed by atoms with van der Waals surface area (Å²) in [5.74, 6) is -0.354.